The molecule has 1 aromatic heterocycles. The van der Waals surface area contributed by atoms with E-state index >= 15 is 0 Å². The number of aryl methyl sites for hydroxylation is 2. The minimum Gasteiger partial charge on any atom is -0.320 e. The number of nitrogens with two attached hydrogens (primary N) is 1. The molecule has 3 aromatic rings. The van der Waals surface area contributed by atoms with Gasteiger partial charge in [-0.25, -0.2) is 0 Å². The first-order valence-electron chi connectivity index (χ1n) is 6.70. The Labute approximate surface area is 118 Å². The topological polar surface area (TPSA) is 51.8 Å². The smallest absolute Gasteiger partial charge is 0.0651 e. The van der Waals surface area contributed by atoms with Crippen molar-refractivity contribution in [2.45, 2.75) is 19.9 Å². The molecule has 0 saturated carbocycles. The highest BCUT2D eigenvalue weighted by molar-refractivity contribution is 5.83. The van der Waals surface area contributed by atoms with Gasteiger partial charge in [0.15, 0.2) is 0 Å². The van der Waals surface area contributed by atoms with Gasteiger partial charge >= 0.3 is 0 Å². The molecule has 3 rings (SSSR count). The van der Waals surface area contributed by atoms with Crippen molar-refractivity contribution in [3.63, 3.8) is 0 Å². The number of fused-ring (bicyclic) bond motifs is 1. The van der Waals surface area contributed by atoms with Crippen LogP contribution in [0.25, 0.3) is 10.8 Å². The molecule has 0 fully saturated rings. The molecule has 0 bridgehead atoms. The van der Waals surface area contributed by atoms with Crippen LogP contribution in [-0.2, 0) is 0 Å². The summed E-state index contributed by atoms with van der Waals surface area (Å²) in [6, 6.07) is 16.5. The molecular formula is C17H17N3. The van der Waals surface area contributed by atoms with Gasteiger partial charge in [0.05, 0.1) is 17.4 Å². The Bertz CT molecular complexity index is 765. The molecule has 0 aliphatic carbocycles. The SMILES string of the molecule is Cc1cc(C(N)c2ccc3ccccc3c2)c(C)nn1. The van der Waals surface area contributed by atoms with Gasteiger partial charge in [0.1, 0.15) is 0 Å². The monoisotopic (exact) mass is 263 g/mol. The highest BCUT2D eigenvalue weighted by Gasteiger charge is 2.13. The lowest BCUT2D eigenvalue weighted by molar-refractivity contribution is 0.814. The van der Waals surface area contributed by atoms with E-state index in [9.17, 15) is 0 Å². The second-order valence-electron chi connectivity index (χ2n) is 5.11. The number of benzene rings is 2. The molecule has 20 heavy (non-hydrogen) atoms. The van der Waals surface area contributed by atoms with Gasteiger partial charge in [0.2, 0.25) is 0 Å². The van der Waals surface area contributed by atoms with Crippen molar-refractivity contribution in [2.75, 3.05) is 0 Å². The van der Waals surface area contributed by atoms with Gasteiger partial charge in [-0.15, -0.1) is 0 Å². The highest BCUT2D eigenvalue weighted by atomic mass is 15.1. The van der Waals surface area contributed by atoms with E-state index in [1.54, 1.807) is 0 Å². The summed E-state index contributed by atoms with van der Waals surface area (Å²) in [5.74, 6) is 0. The predicted molar refractivity (Wildman–Crippen MR) is 81.5 cm³/mol. The molecule has 0 aliphatic rings. The molecule has 1 unspecified atom stereocenters. The Balaban J connectivity index is 2.07. The zero-order valence-electron chi connectivity index (χ0n) is 11.7. The molecule has 0 saturated heterocycles. The van der Waals surface area contributed by atoms with Gasteiger partial charge in [-0.1, -0.05) is 36.4 Å². The first kappa shape index (κ1) is 12.8. The molecule has 0 aliphatic heterocycles. The number of rotatable bonds is 2. The van der Waals surface area contributed by atoms with Gasteiger partial charge < -0.3 is 5.73 Å². The maximum atomic E-state index is 6.41. The van der Waals surface area contributed by atoms with Crippen molar-refractivity contribution in [1.29, 1.82) is 0 Å². The lowest BCUT2D eigenvalue weighted by atomic mass is 9.96. The lowest BCUT2D eigenvalue weighted by Gasteiger charge is -2.15. The standard InChI is InChI=1S/C17H17N3/c1-11-9-16(12(2)20-19-11)17(18)15-8-7-13-5-3-4-6-14(13)10-15/h3-10,17H,18H2,1-2H3. The van der Waals surface area contributed by atoms with E-state index in [-0.39, 0.29) is 6.04 Å². The van der Waals surface area contributed by atoms with Crippen molar-refractivity contribution in [3.8, 4) is 0 Å². The molecule has 0 amide bonds. The molecule has 100 valence electrons. The van der Waals surface area contributed by atoms with Crippen LogP contribution in [0.1, 0.15) is 28.6 Å². The molecule has 0 spiro atoms. The average molecular weight is 263 g/mol. The Morgan fingerprint density at radius 1 is 0.900 bits per heavy atom. The van der Waals surface area contributed by atoms with Gasteiger partial charge in [-0.05, 0) is 47.9 Å². The second kappa shape index (κ2) is 5.02. The number of aromatic nitrogens is 2. The fourth-order valence-corrected chi connectivity index (χ4v) is 2.47. The van der Waals surface area contributed by atoms with Gasteiger partial charge in [-0.2, -0.15) is 10.2 Å². The van der Waals surface area contributed by atoms with Crippen molar-refractivity contribution in [1.82, 2.24) is 10.2 Å². The van der Waals surface area contributed by atoms with Crippen molar-refractivity contribution < 1.29 is 0 Å². The zero-order chi connectivity index (χ0) is 14.1. The molecular weight excluding hydrogens is 246 g/mol. The van der Waals surface area contributed by atoms with E-state index in [0.717, 1.165) is 22.5 Å². The summed E-state index contributed by atoms with van der Waals surface area (Å²) in [4.78, 5) is 0. The molecule has 2 N–H and O–H groups in total. The minimum atomic E-state index is -0.172. The van der Waals surface area contributed by atoms with Crippen molar-refractivity contribution >= 4 is 10.8 Å². The fraction of sp³-hybridized carbons (Fsp3) is 0.176. The number of hydrogen-bond donors (Lipinski definition) is 1. The largest absolute Gasteiger partial charge is 0.320 e. The predicted octanol–water partition coefficient (Wildman–Crippen LogP) is 3.29. The quantitative estimate of drug-likeness (QED) is 0.771. The van der Waals surface area contributed by atoms with Crippen molar-refractivity contribution in [2.24, 2.45) is 5.73 Å². The first-order valence-corrected chi connectivity index (χ1v) is 6.70. The zero-order valence-corrected chi connectivity index (χ0v) is 11.7. The summed E-state index contributed by atoms with van der Waals surface area (Å²) in [7, 11) is 0. The van der Waals surface area contributed by atoms with Crippen LogP contribution < -0.4 is 5.73 Å². The summed E-state index contributed by atoms with van der Waals surface area (Å²) in [5, 5.41) is 10.6. The maximum absolute atomic E-state index is 6.41. The van der Waals surface area contributed by atoms with Crippen LogP contribution in [0.5, 0.6) is 0 Å². The van der Waals surface area contributed by atoms with Crippen molar-refractivity contribution in [3.05, 3.63) is 71.0 Å². The van der Waals surface area contributed by atoms with Crippen LogP contribution in [-0.4, -0.2) is 10.2 Å². The Hall–Kier alpha value is -2.26. The summed E-state index contributed by atoms with van der Waals surface area (Å²) in [6.45, 7) is 3.88. The summed E-state index contributed by atoms with van der Waals surface area (Å²) in [5.41, 5.74) is 10.3. The van der Waals surface area contributed by atoms with E-state index in [1.807, 2.05) is 32.0 Å². The molecule has 3 heteroatoms. The molecule has 0 radical (unpaired) electrons. The van der Waals surface area contributed by atoms with Crippen LogP contribution >= 0.6 is 0 Å². The van der Waals surface area contributed by atoms with Gasteiger partial charge in [0, 0.05) is 0 Å². The van der Waals surface area contributed by atoms with E-state index in [0.29, 0.717) is 0 Å². The number of hydrogen-bond acceptors (Lipinski definition) is 3. The third-order valence-electron chi connectivity index (χ3n) is 3.61. The lowest BCUT2D eigenvalue weighted by Crippen LogP contribution is -2.14. The average Bonchev–Trinajstić information content (AvgIpc) is 2.48. The van der Waals surface area contributed by atoms with Gasteiger partial charge in [-0.3, -0.25) is 0 Å². The van der Waals surface area contributed by atoms with Crippen LogP contribution in [0.15, 0.2) is 48.5 Å². The third kappa shape index (κ3) is 2.28. The van der Waals surface area contributed by atoms with E-state index < -0.39 is 0 Å². The highest BCUT2D eigenvalue weighted by Crippen LogP contribution is 2.25. The first-order chi connectivity index (χ1) is 9.65. The summed E-state index contributed by atoms with van der Waals surface area (Å²) in [6.07, 6.45) is 0. The Morgan fingerprint density at radius 3 is 2.45 bits per heavy atom. The maximum Gasteiger partial charge on any atom is 0.0651 e. The molecule has 3 nitrogen and oxygen atoms in total. The fourth-order valence-electron chi connectivity index (χ4n) is 2.47. The van der Waals surface area contributed by atoms with E-state index in [1.165, 1.54) is 10.8 Å². The Kier molecular flexibility index (Phi) is 3.20. The van der Waals surface area contributed by atoms with Crippen LogP contribution in [0, 0.1) is 13.8 Å². The second-order valence-corrected chi connectivity index (χ2v) is 5.11. The van der Waals surface area contributed by atoms with Gasteiger partial charge in [0.25, 0.3) is 0 Å². The summed E-state index contributed by atoms with van der Waals surface area (Å²) < 4.78 is 0. The van der Waals surface area contributed by atoms with Crippen LogP contribution in [0.4, 0.5) is 0 Å². The molecule has 2 aromatic carbocycles. The molecule has 1 atom stereocenters. The normalized spacial score (nSPS) is 12.6. The van der Waals surface area contributed by atoms with E-state index in [2.05, 4.69) is 40.5 Å². The number of nitrogens with zero attached hydrogens (tertiary/aromatic N) is 2. The van der Waals surface area contributed by atoms with E-state index in [4.69, 9.17) is 5.73 Å². The molecule has 1 heterocycles. The van der Waals surface area contributed by atoms with Crippen LogP contribution in [0.3, 0.4) is 0 Å². The Morgan fingerprint density at radius 2 is 1.65 bits per heavy atom. The summed E-state index contributed by atoms with van der Waals surface area (Å²) >= 11 is 0. The minimum absolute atomic E-state index is 0.172. The third-order valence-corrected chi connectivity index (χ3v) is 3.61. The van der Waals surface area contributed by atoms with Crippen LogP contribution in [0.2, 0.25) is 0 Å².